The van der Waals surface area contributed by atoms with E-state index in [1.807, 2.05) is 0 Å². The van der Waals surface area contributed by atoms with Crippen LogP contribution in [0.25, 0.3) is 0 Å². The summed E-state index contributed by atoms with van der Waals surface area (Å²) in [5.41, 5.74) is 1.05. The minimum Gasteiger partial charge on any atom is -0.268 e. The Bertz CT molecular complexity index is 1050. The van der Waals surface area contributed by atoms with Gasteiger partial charge >= 0.3 is 0 Å². The second kappa shape index (κ2) is 7.75. The van der Waals surface area contributed by atoms with Gasteiger partial charge in [-0.15, -0.1) is 0 Å². The molecular formula is C16H17ClN4O5S. The molecule has 0 unspecified atom stereocenters. The van der Waals surface area contributed by atoms with E-state index < -0.39 is 20.6 Å². The van der Waals surface area contributed by atoms with Gasteiger partial charge in [0.1, 0.15) is 5.02 Å². The lowest BCUT2D eigenvalue weighted by atomic mass is 9.97. The summed E-state index contributed by atoms with van der Waals surface area (Å²) in [4.78, 5) is 22.0. The number of nitrogens with zero attached hydrogens (tertiary/aromatic N) is 3. The van der Waals surface area contributed by atoms with Crippen molar-refractivity contribution in [3.8, 4) is 0 Å². The van der Waals surface area contributed by atoms with E-state index in [2.05, 4.69) is 9.82 Å². The molecule has 1 N–H and O–H groups in total. The summed E-state index contributed by atoms with van der Waals surface area (Å²) in [6, 6.07) is 4.79. The number of hydrogen-bond donors (Lipinski definition) is 1. The topological polar surface area (TPSA) is 124 Å². The zero-order valence-electron chi connectivity index (χ0n) is 14.2. The van der Waals surface area contributed by atoms with Crippen molar-refractivity contribution in [1.29, 1.82) is 0 Å². The molecular weight excluding hydrogens is 396 g/mol. The number of sulfonamides is 1. The van der Waals surface area contributed by atoms with E-state index in [-0.39, 0.29) is 28.6 Å². The molecule has 0 saturated carbocycles. The van der Waals surface area contributed by atoms with Gasteiger partial charge in [0.25, 0.3) is 11.2 Å². The summed E-state index contributed by atoms with van der Waals surface area (Å²) >= 11 is 5.70. The minimum absolute atomic E-state index is 0.0566. The number of fused-ring (bicyclic) bond motifs is 1. The Morgan fingerprint density at radius 3 is 2.74 bits per heavy atom. The average molecular weight is 413 g/mol. The summed E-state index contributed by atoms with van der Waals surface area (Å²) in [6.07, 6.45) is 3.68. The van der Waals surface area contributed by atoms with Gasteiger partial charge in [-0.2, -0.15) is 5.10 Å². The molecule has 0 spiro atoms. The van der Waals surface area contributed by atoms with Gasteiger partial charge in [-0.05, 0) is 43.4 Å². The van der Waals surface area contributed by atoms with Gasteiger partial charge in [-0.25, -0.2) is 17.8 Å². The van der Waals surface area contributed by atoms with Crippen molar-refractivity contribution in [2.24, 2.45) is 0 Å². The second-order valence-corrected chi connectivity index (χ2v) is 8.33. The summed E-state index contributed by atoms with van der Waals surface area (Å²) in [5, 5.41) is 15.1. The number of aromatic nitrogens is 2. The first-order valence-electron chi connectivity index (χ1n) is 8.31. The lowest BCUT2D eigenvalue weighted by Crippen LogP contribution is -2.33. The van der Waals surface area contributed by atoms with E-state index in [0.29, 0.717) is 0 Å². The molecule has 1 aliphatic carbocycles. The molecule has 1 aliphatic rings. The summed E-state index contributed by atoms with van der Waals surface area (Å²) < 4.78 is 28.2. The zero-order chi connectivity index (χ0) is 19.6. The highest BCUT2D eigenvalue weighted by molar-refractivity contribution is 7.89. The molecule has 0 aliphatic heterocycles. The average Bonchev–Trinajstić information content (AvgIpc) is 2.62. The molecule has 27 heavy (non-hydrogen) atoms. The fourth-order valence-corrected chi connectivity index (χ4v) is 4.16. The van der Waals surface area contributed by atoms with Crippen LogP contribution in [0.15, 0.2) is 34.0 Å². The Morgan fingerprint density at radius 2 is 2.00 bits per heavy atom. The van der Waals surface area contributed by atoms with E-state index in [4.69, 9.17) is 11.6 Å². The minimum atomic E-state index is -3.99. The van der Waals surface area contributed by atoms with Crippen LogP contribution in [0.3, 0.4) is 0 Å². The molecule has 1 aromatic heterocycles. The number of halogens is 1. The highest BCUT2D eigenvalue weighted by atomic mass is 35.5. The van der Waals surface area contributed by atoms with Crippen LogP contribution >= 0.6 is 11.6 Å². The Kier molecular flexibility index (Phi) is 5.59. The monoisotopic (exact) mass is 412 g/mol. The molecule has 0 atom stereocenters. The maximum atomic E-state index is 12.3. The third-order valence-electron chi connectivity index (χ3n) is 4.31. The number of nitro benzene ring substituents is 1. The quantitative estimate of drug-likeness (QED) is 0.568. The number of nitro groups is 1. The molecule has 1 heterocycles. The van der Waals surface area contributed by atoms with E-state index >= 15 is 0 Å². The van der Waals surface area contributed by atoms with Crippen molar-refractivity contribution in [1.82, 2.24) is 14.5 Å². The summed E-state index contributed by atoms with van der Waals surface area (Å²) in [5.74, 6) is 0. The smallest absolute Gasteiger partial charge is 0.268 e. The van der Waals surface area contributed by atoms with Crippen LogP contribution in [0, 0.1) is 10.1 Å². The van der Waals surface area contributed by atoms with Gasteiger partial charge in [0.05, 0.1) is 22.1 Å². The van der Waals surface area contributed by atoms with Gasteiger partial charge in [0, 0.05) is 18.7 Å². The predicted octanol–water partition coefficient (Wildman–Crippen LogP) is 1.66. The Balaban J connectivity index is 1.72. The predicted molar refractivity (Wildman–Crippen MR) is 98.4 cm³/mol. The molecule has 1 aromatic carbocycles. The lowest BCUT2D eigenvalue weighted by Gasteiger charge is -2.16. The highest BCUT2D eigenvalue weighted by Gasteiger charge is 2.20. The van der Waals surface area contributed by atoms with Crippen molar-refractivity contribution >= 4 is 27.3 Å². The third kappa shape index (κ3) is 4.34. The molecule has 0 radical (unpaired) electrons. The SMILES string of the molecule is O=c1cc2c(nn1CCNS(=O)(=O)c1ccc(Cl)c([N+](=O)[O-])c1)CCCC2. The lowest BCUT2D eigenvalue weighted by molar-refractivity contribution is -0.384. The number of nitrogens with one attached hydrogen (secondary N) is 1. The van der Waals surface area contributed by atoms with Gasteiger partial charge in [-0.1, -0.05) is 11.6 Å². The first kappa shape index (κ1) is 19.5. The number of benzene rings is 1. The summed E-state index contributed by atoms with van der Waals surface area (Å²) in [7, 11) is -3.99. The largest absolute Gasteiger partial charge is 0.289 e. The molecule has 2 aromatic rings. The number of hydrogen-bond acceptors (Lipinski definition) is 6. The van der Waals surface area contributed by atoms with E-state index in [0.717, 1.165) is 49.1 Å². The van der Waals surface area contributed by atoms with Gasteiger partial charge in [-0.3, -0.25) is 14.9 Å². The standard InChI is InChI=1S/C16H17ClN4O5S/c17-13-6-5-12(10-15(13)21(23)24)27(25,26)18-7-8-20-16(22)9-11-3-1-2-4-14(11)19-20/h5-6,9-10,18H,1-4,7-8H2. The Hall–Kier alpha value is -2.30. The Labute approximate surface area is 160 Å². The molecule has 0 amide bonds. The third-order valence-corrected chi connectivity index (χ3v) is 6.09. The summed E-state index contributed by atoms with van der Waals surface area (Å²) in [6.45, 7) is -0.0223. The van der Waals surface area contributed by atoms with E-state index in [9.17, 15) is 23.3 Å². The fourth-order valence-electron chi connectivity index (χ4n) is 2.93. The van der Waals surface area contributed by atoms with E-state index in [1.54, 1.807) is 6.07 Å². The molecule has 0 fully saturated rings. The maximum Gasteiger partial charge on any atom is 0.289 e. The highest BCUT2D eigenvalue weighted by Crippen LogP contribution is 2.26. The maximum absolute atomic E-state index is 12.3. The van der Waals surface area contributed by atoms with Crippen LogP contribution in [0.4, 0.5) is 5.69 Å². The number of rotatable bonds is 6. The van der Waals surface area contributed by atoms with Gasteiger partial charge in [0.2, 0.25) is 10.0 Å². The van der Waals surface area contributed by atoms with Crippen molar-refractivity contribution < 1.29 is 13.3 Å². The molecule has 3 rings (SSSR count). The van der Waals surface area contributed by atoms with Crippen molar-refractivity contribution in [3.63, 3.8) is 0 Å². The van der Waals surface area contributed by atoms with Crippen LogP contribution in [0.1, 0.15) is 24.1 Å². The van der Waals surface area contributed by atoms with Gasteiger partial charge in [0.15, 0.2) is 0 Å². The van der Waals surface area contributed by atoms with Crippen molar-refractivity contribution in [2.75, 3.05) is 6.54 Å². The molecule has 0 saturated heterocycles. The first-order chi connectivity index (χ1) is 12.8. The molecule has 144 valence electrons. The van der Waals surface area contributed by atoms with Crippen LogP contribution in [0.5, 0.6) is 0 Å². The van der Waals surface area contributed by atoms with Crippen LogP contribution in [0.2, 0.25) is 5.02 Å². The van der Waals surface area contributed by atoms with Crippen molar-refractivity contribution in [3.05, 3.63) is 61.0 Å². The molecule has 0 bridgehead atoms. The van der Waals surface area contributed by atoms with Crippen LogP contribution < -0.4 is 10.3 Å². The van der Waals surface area contributed by atoms with Crippen LogP contribution in [-0.2, 0) is 29.4 Å². The Morgan fingerprint density at radius 1 is 1.26 bits per heavy atom. The number of aryl methyl sites for hydroxylation is 2. The zero-order valence-corrected chi connectivity index (χ0v) is 15.8. The normalized spacial score (nSPS) is 14.0. The van der Waals surface area contributed by atoms with Crippen molar-refractivity contribution in [2.45, 2.75) is 37.1 Å². The molecule has 9 nitrogen and oxygen atoms in total. The van der Waals surface area contributed by atoms with Gasteiger partial charge < -0.3 is 0 Å². The fraction of sp³-hybridized carbons (Fsp3) is 0.375. The second-order valence-electron chi connectivity index (χ2n) is 6.15. The molecule has 11 heteroatoms. The van der Waals surface area contributed by atoms with E-state index in [1.165, 1.54) is 10.7 Å². The van der Waals surface area contributed by atoms with Crippen LogP contribution in [-0.4, -0.2) is 29.7 Å². The first-order valence-corrected chi connectivity index (χ1v) is 10.2.